The molecule has 7 heteroatoms. The zero-order chi connectivity index (χ0) is 23.9. The zero-order valence-electron chi connectivity index (χ0n) is 18.4. The predicted octanol–water partition coefficient (Wildman–Crippen LogP) is 6.23. The van der Waals surface area contributed by atoms with Crippen LogP contribution >= 0.6 is 0 Å². The van der Waals surface area contributed by atoms with Crippen molar-refractivity contribution in [1.29, 1.82) is 0 Å². The van der Waals surface area contributed by atoms with Gasteiger partial charge >= 0.3 is 12.1 Å². The highest BCUT2D eigenvalue weighted by molar-refractivity contribution is 5.94. The Hall–Kier alpha value is -2.83. The SMILES string of the molecule is CC1(C)CCCC(CCc2ccc(-c3cccc(C(N)=O)c3)cc2)C1.O=C(O)C(F)(F)F. The zero-order valence-corrected chi connectivity index (χ0v) is 18.4. The number of carboxylic acids is 1. The molecule has 2 aromatic rings. The number of carbonyl (C=O) groups is 2. The van der Waals surface area contributed by atoms with E-state index < -0.39 is 12.1 Å². The lowest BCUT2D eigenvalue weighted by atomic mass is 9.71. The summed E-state index contributed by atoms with van der Waals surface area (Å²) in [6, 6.07) is 16.3. The molecule has 0 bridgehead atoms. The van der Waals surface area contributed by atoms with Crippen LogP contribution in [0.2, 0.25) is 0 Å². The molecule has 3 rings (SSSR count). The molecule has 174 valence electrons. The second-order valence-corrected chi connectivity index (χ2v) is 9.11. The van der Waals surface area contributed by atoms with E-state index in [1.54, 1.807) is 6.07 Å². The van der Waals surface area contributed by atoms with E-state index in [0.717, 1.165) is 23.5 Å². The summed E-state index contributed by atoms with van der Waals surface area (Å²) in [5.41, 5.74) is 10.0. The second-order valence-electron chi connectivity index (χ2n) is 9.11. The number of benzene rings is 2. The number of aryl methyl sites for hydroxylation is 1. The van der Waals surface area contributed by atoms with Gasteiger partial charge < -0.3 is 10.8 Å². The van der Waals surface area contributed by atoms with E-state index in [1.807, 2.05) is 18.2 Å². The van der Waals surface area contributed by atoms with E-state index in [-0.39, 0.29) is 5.91 Å². The number of amides is 1. The second kappa shape index (κ2) is 10.7. The highest BCUT2D eigenvalue weighted by atomic mass is 19.4. The quantitative estimate of drug-likeness (QED) is 0.567. The van der Waals surface area contributed by atoms with Gasteiger partial charge in [-0.15, -0.1) is 0 Å². The van der Waals surface area contributed by atoms with Crippen LogP contribution < -0.4 is 5.73 Å². The van der Waals surface area contributed by atoms with E-state index in [9.17, 15) is 18.0 Å². The van der Waals surface area contributed by atoms with E-state index in [2.05, 4.69) is 38.1 Å². The Kier molecular flexibility index (Phi) is 8.47. The molecule has 0 saturated heterocycles. The van der Waals surface area contributed by atoms with Gasteiger partial charge in [0.1, 0.15) is 0 Å². The third-order valence-electron chi connectivity index (χ3n) is 5.83. The Morgan fingerprint density at radius 1 is 1.09 bits per heavy atom. The van der Waals surface area contributed by atoms with Gasteiger partial charge in [0.05, 0.1) is 0 Å². The molecule has 1 saturated carbocycles. The van der Waals surface area contributed by atoms with Crippen LogP contribution in [0.3, 0.4) is 0 Å². The fourth-order valence-corrected chi connectivity index (χ4v) is 4.19. The normalized spacial score (nSPS) is 17.7. The fraction of sp³-hybridized carbons (Fsp3) is 0.440. The smallest absolute Gasteiger partial charge is 0.475 e. The summed E-state index contributed by atoms with van der Waals surface area (Å²) in [4.78, 5) is 20.2. The summed E-state index contributed by atoms with van der Waals surface area (Å²) in [5.74, 6) is -2.27. The Balaban J connectivity index is 0.000000451. The van der Waals surface area contributed by atoms with Crippen LogP contribution in [-0.4, -0.2) is 23.2 Å². The monoisotopic (exact) mass is 449 g/mol. The first kappa shape index (κ1) is 25.4. The number of halogens is 3. The van der Waals surface area contributed by atoms with Gasteiger partial charge in [0, 0.05) is 5.56 Å². The average Bonchev–Trinajstić information content (AvgIpc) is 2.72. The molecule has 1 unspecified atom stereocenters. The van der Waals surface area contributed by atoms with Crippen LogP contribution in [0.25, 0.3) is 11.1 Å². The number of aliphatic carboxylic acids is 1. The maximum absolute atomic E-state index is 11.3. The van der Waals surface area contributed by atoms with Crippen molar-refractivity contribution in [2.24, 2.45) is 17.1 Å². The Morgan fingerprint density at radius 2 is 1.72 bits per heavy atom. The third kappa shape index (κ3) is 8.02. The molecule has 1 fully saturated rings. The number of nitrogens with two attached hydrogens (primary N) is 1. The molecule has 2 aromatic carbocycles. The van der Waals surface area contributed by atoms with Gasteiger partial charge in [-0.1, -0.05) is 63.1 Å². The molecule has 0 heterocycles. The minimum atomic E-state index is -5.08. The van der Waals surface area contributed by atoms with Gasteiger partial charge in [-0.25, -0.2) is 4.79 Å². The Bertz CT molecular complexity index is 921. The number of alkyl halides is 3. The molecule has 0 aromatic heterocycles. The van der Waals surface area contributed by atoms with Gasteiger partial charge in [0.2, 0.25) is 5.91 Å². The van der Waals surface area contributed by atoms with Crippen LogP contribution in [-0.2, 0) is 11.2 Å². The van der Waals surface area contributed by atoms with Crippen molar-refractivity contribution in [2.75, 3.05) is 0 Å². The van der Waals surface area contributed by atoms with Crippen molar-refractivity contribution < 1.29 is 27.9 Å². The summed E-state index contributed by atoms with van der Waals surface area (Å²) >= 11 is 0. The number of primary amides is 1. The average molecular weight is 450 g/mol. The predicted molar refractivity (Wildman–Crippen MR) is 118 cm³/mol. The molecule has 0 radical (unpaired) electrons. The van der Waals surface area contributed by atoms with Gasteiger partial charge in [0.15, 0.2) is 0 Å². The number of carbonyl (C=O) groups excluding carboxylic acids is 1. The minimum absolute atomic E-state index is 0.381. The number of hydrogen-bond acceptors (Lipinski definition) is 2. The fourth-order valence-electron chi connectivity index (χ4n) is 4.19. The third-order valence-corrected chi connectivity index (χ3v) is 5.83. The van der Waals surface area contributed by atoms with Crippen LogP contribution in [0.1, 0.15) is 61.9 Å². The number of carboxylic acid groups (broad SMARTS) is 1. The molecule has 1 amide bonds. The molecule has 1 aliphatic rings. The van der Waals surface area contributed by atoms with Crippen LogP contribution in [0, 0.1) is 11.3 Å². The maximum Gasteiger partial charge on any atom is 0.490 e. The standard InChI is InChI=1S/C23H29NO.C2HF3O2/c1-23(2)14-4-5-18(16-23)9-8-17-10-12-19(13-11-17)20-6-3-7-21(15-20)22(24)25;3-2(4,5)1(6)7/h3,6-7,10-13,15,18H,4-5,8-9,14,16H2,1-2H3,(H2,24,25);(H,6,7). The van der Waals surface area contributed by atoms with Crippen molar-refractivity contribution in [2.45, 2.75) is 58.5 Å². The topological polar surface area (TPSA) is 80.4 Å². The van der Waals surface area contributed by atoms with Crippen molar-refractivity contribution in [3.63, 3.8) is 0 Å². The van der Waals surface area contributed by atoms with E-state index in [1.165, 1.54) is 37.7 Å². The summed E-state index contributed by atoms with van der Waals surface area (Å²) in [6.45, 7) is 4.82. The van der Waals surface area contributed by atoms with Gasteiger partial charge in [0.25, 0.3) is 0 Å². The molecule has 1 atom stereocenters. The number of hydrogen-bond donors (Lipinski definition) is 2. The van der Waals surface area contributed by atoms with Gasteiger partial charge in [-0.05, 0) is 65.8 Å². The van der Waals surface area contributed by atoms with E-state index in [4.69, 9.17) is 15.6 Å². The summed E-state index contributed by atoms with van der Waals surface area (Å²) in [6.07, 6.45) is 2.88. The molecule has 1 aliphatic carbocycles. The summed E-state index contributed by atoms with van der Waals surface area (Å²) in [7, 11) is 0. The molecule has 3 N–H and O–H groups in total. The molecule has 32 heavy (non-hydrogen) atoms. The first-order valence-corrected chi connectivity index (χ1v) is 10.7. The highest BCUT2D eigenvalue weighted by Crippen LogP contribution is 2.40. The molecular formula is C25H30F3NO3. The van der Waals surface area contributed by atoms with Crippen molar-refractivity contribution >= 4 is 11.9 Å². The first-order chi connectivity index (χ1) is 14.9. The summed E-state index contributed by atoms with van der Waals surface area (Å²) in [5, 5.41) is 7.12. The Labute approximate surface area is 186 Å². The van der Waals surface area contributed by atoms with Gasteiger partial charge in [-0.2, -0.15) is 13.2 Å². The van der Waals surface area contributed by atoms with E-state index >= 15 is 0 Å². The molecular weight excluding hydrogens is 419 g/mol. The highest BCUT2D eigenvalue weighted by Gasteiger charge is 2.38. The molecule has 0 aliphatic heterocycles. The lowest BCUT2D eigenvalue weighted by molar-refractivity contribution is -0.192. The minimum Gasteiger partial charge on any atom is -0.475 e. The van der Waals surface area contributed by atoms with Crippen LogP contribution in [0.4, 0.5) is 13.2 Å². The lowest BCUT2D eigenvalue weighted by Gasteiger charge is -2.35. The largest absolute Gasteiger partial charge is 0.490 e. The van der Waals surface area contributed by atoms with Gasteiger partial charge in [-0.3, -0.25) is 4.79 Å². The maximum atomic E-state index is 11.3. The van der Waals surface area contributed by atoms with Crippen molar-refractivity contribution in [3.05, 3.63) is 59.7 Å². The lowest BCUT2D eigenvalue weighted by Crippen LogP contribution is -2.22. The Morgan fingerprint density at radius 3 is 2.25 bits per heavy atom. The number of rotatable bonds is 5. The summed E-state index contributed by atoms with van der Waals surface area (Å²) < 4.78 is 31.7. The van der Waals surface area contributed by atoms with Crippen LogP contribution in [0.5, 0.6) is 0 Å². The van der Waals surface area contributed by atoms with Crippen molar-refractivity contribution in [3.8, 4) is 11.1 Å². The molecule has 4 nitrogen and oxygen atoms in total. The first-order valence-electron chi connectivity index (χ1n) is 10.7. The van der Waals surface area contributed by atoms with Crippen molar-refractivity contribution in [1.82, 2.24) is 0 Å². The van der Waals surface area contributed by atoms with Crippen LogP contribution in [0.15, 0.2) is 48.5 Å². The molecule has 0 spiro atoms. The van der Waals surface area contributed by atoms with E-state index in [0.29, 0.717) is 11.0 Å².